The van der Waals surface area contributed by atoms with Crippen LogP contribution in [0.3, 0.4) is 0 Å². The maximum Gasteiger partial charge on any atom is 0.235 e. The van der Waals surface area contributed by atoms with Gasteiger partial charge in [0.15, 0.2) is 0 Å². The number of hydrogen-bond acceptors (Lipinski definition) is 3. The predicted molar refractivity (Wildman–Crippen MR) is 87.9 cm³/mol. The Labute approximate surface area is 133 Å². The quantitative estimate of drug-likeness (QED) is 0.617. The van der Waals surface area contributed by atoms with Gasteiger partial charge in [-0.05, 0) is 38.0 Å². The molecule has 0 radical (unpaired) electrons. The number of amides is 1. The van der Waals surface area contributed by atoms with Gasteiger partial charge in [0.05, 0.1) is 10.4 Å². The molecule has 1 aliphatic carbocycles. The second-order valence-electron chi connectivity index (χ2n) is 6.63. The fourth-order valence-corrected chi connectivity index (χ4v) is 4.16. The molecule has 1 heterocycles. The molecule has 2 aliphatic rings. The molecule has 2 fully saturated rings. The van der Waals surface area contributed by atoms with E-state index in [1.54, 1.807) is 0 Å². The number of aliphatic hydroxyl groups is 1. The first-order valence-corrected chi connectivity index (χ1v) is 8.71. The molecule has 0 aromatic rings. The SMILES string of the molecule is NC(=S)C1(C(=O)N2CCCC(CCO)C2)CCCCCC1. The maximum absolute atomic E-state index is 13.1. The fraction of sp³-hybridized carbons (Fsp3) is 0.875. The van der Waals surface area contributed by atoms with Gasteiger partial charge in [-0.15, -0.1) is 0 Å². The van der Waals surface area contributed by atoms with Crippen LogP contribution in [0.2, 0.25) is 0 Å². The lowest BCUT2D eigenvalue weighted by Crippen LogP contribution is -2.53. The van der Waals surface area contributed by atoms with Crippen molar-refractivity contribution in [2.75, 3.05) is 19.7 Å². The third-order valence-corrected chi connectivity index (χ3v) is 5.57. The highest BCUT2D eigenvalue weighted by atomic mass is 32.1. The lowest BCUT2D eigenvalue weighted by molar-refractivity contribution is -0.141. The minimum absolute atomic E-state index is 0.152. The first-order valence-electron chi connectivity index (χ1n) is 8.30. The minimum Gasteiger partial charge on any atom is -0.396 e. The zero-order chi connectivity index (χ0) is 15.3. The standard InChI is InChI=1S/C16H28N2O2S/c17-14(21)16(8-3-1-2-4-9-16)15(20)18-10-5-6-13(12-18)7-11-19/h13,19H,1-12H2,(H2,17,21). The van der Waals surface area contributed by atoms with Gasteiger partial charge in [0.1, 0.15) is 0 Å². The van der Waals surface area contributed by atoms with Gasteiger partial charge in [0.2, 0.25) is 5.91 Å². The molecule has 0 bridgehead atoms. The number of nitrogens with zero attached hydrogens (tertiary/aromatic N) is 1. The summed E-state index contributed by atoms with van der Waals surface area (Å²) in [6.45, 7) is 1.77. The number of nitrogens with two attached hydrogens (primary N) is 1. The smallest absolute Gasteiger partial charge is 0.235 e. The minimum atomic E-state index is -0.604. The molecule has 1 aliphatic heterocycles. The first kappa shape index (κ1) is 16.7. The average molecular weight is 312 g/mol. The van der Waals surface area contributed by atoms with Crippen molar-refractivity contribution in [2.45, 2.75) is 57.8 Å². The van der Waals surface area contributed by atoms with E-state index in [0.717, 1.165) is 58.0 Å². The number of piperidine rings is 1. The summed E-state index contributed by atoms with van der Waals surface area (Å²) in [4.78, 5) is 15.5. The van der Waals surface area contributed by atoms with E-state index in [0.29, 0.717) is 10.9 Å². The van der Waals surface area contributed by atoms with Crippen molar-refractivity contribution in [1.82, 2.24) is 4.90 Å². The number of hydrogen-bond donors (Lipinski definition) is 2. The fourth-order valence-electron chi connectivity index (χ4n) is 3.87. The molecule has 120 valence electrons. The van der Waals surface area contributed by atoms with Crippen LogP contribution in [0.1, 0.15) is 57.8 Å². The Hall–Kier alpha value is -0.680. The summed E-state index contributed by atoms with van der Waals surface area (Å²) < 4.78 is 0. The second-order valence-corrected chi connectivity index (χ2v) is 7.07. The van der Waals surface area contributed by atoms with E-state index in [1.807, 2.05) is 4.90 Å². The molecule has 0 aromatic carbocycles. The van der Waals surface area contributed by atoms with Crippen LogP contribution in [0.4, 0.5) is 0 Å². The topological polar surface area (TPSA) is 66.6 Å². The average Bonchev–Trinajstić information content (AvgIpc) is 2.74. The summed E-state index contributed by atoms with van der Waals surface area (Å²) in [5.74, 6) is 0.571. The van der Waals surface area contributed by atoms with Crippen molar-refractivity contribution >= 4 is 23.1 Å². The molecule has 1 saturated heterocycles. The monoisotopic (exact) mass is 312 g/mol. The van der Waals surface area contributed by atoms with Crippen molar-refractivity contribution in [1.29, 1.82) is 0 Å². The number of carbonyl (C=O) groups is 1. The van der Waals surface area contributed by atoms with Gasteiger partial charge >= 0.3 is 0 Å². The molecule has 2 rings (SSSR count). The van der Waals surface area contributed by atoms with E-state index >= 15 is 0 Å². The molecule has 0 spiro atoms. The molecule has 3 N–H and O–H groups in total. The first-order chi connectivity index (χ1) is 10.1. The molecule has 4 nitrogen and oxygen atoms in total. The summed E-state index contributed by atoms with van der Waals surface area (Å²) in [5.41, 5.74) is 5.41. The third kappa shape index (κ3) is 3.75. The van der Waals surface area contributed by atoms with E-state index in [4.69, 9.17) is 23.1 Å². The molecule has 1 unspecified atom stereocenters. The van der Waals surface area contributed by atoms with Crippen LogP contribution in [0.25, 0.3) is 0 Å². The van der Waals surface area contributed by atoms with E-state index in [9.17, 15) is 4.79 Å². The number of likely N-dealkylation sites (tertiary alicyclic amines) is 1. The van der Waals surface area contributed by atoms with Crippen molar-refractivity contribution in [3.05, 3.63) is 0 Å². The van der Waals surface area contributed by atoms with E-state index in [1.165, 1.54) is 12.8 Å². The number of aliphatic hydroxyl groups excluding tert-OH is 1. The van der Waals surface area contributed by atoms with Gasteiger partial charge in [-0.3, -0.25) is 4.79 Å². The highest BCUT2D eigenvalue weighted by molar-refractivity contribution is 7.80. The highest BCUT2D eigenvalue weighted by Crippen LogP contribution is 2.38. The number of rotatable bonds is 4. The molecule has 0 aromatic heterocycles. The Morgan fingerprint density at radius 1 is 1.24 bits per heavy atom. The van der Waals surface area contributed by atoms with Crippen LogP contribution >= 0.6 is 12.2 Å². The number of carbonyl (C=O) groups excluding carboxylic acids is 1. The zero-order valence-electron chi connectivity index (χ0n) is 12.9. The van der Waals surface area contributed by atoms with Gasteiger partial charge in [-0.2, -0.15) is 0 Å². The second kappa shape index (κ2) is 7.54. The van der Waals surface area contributed by atoms with Gasteiger partial charge in [-0.1, -0.05) is 37.9 Å². The Kier molecular flexibility index (Phi) is 5.99. The van der Waals surface area contributed by atoms with Crippen molar-refractivity contribution < 1.29 is 9.90 Å². The van der Waals surface area contributed by atoms with Crippen molar-refractivity contribution in [3.63, 3.8) is 0 Å². The largest absolute Gasteiger partial charge is 0.396 e. The van der Waals surface area contributed by atoms with E-state index < -0.39 is 5.41 Å². The Balaban J connectivity index is 2.12. The third-order valence-electron chi connectivity index (χ3n) is 5.18. The molecular weight excluding hydrogens is 284 g/mol. The van der Waals surface area contributed by atoms with Crippen LogP contribution in [-0.2, 0) is 4.79 Å². The van der Waals surface area contributed by atoms with Crippen molar-refractivity contribution in [3.8, 4) is 0 Å². The maximum atomic E-state index is 13.1. The van der Waals surface area contributed by atoms with Crippen LogP contribution in [0.15, 0.2) is 0 Å². The van der Waals surface area contributed by atoms with Gasteiger partial charge in [-0.25, -0.2) is 0 Å². The van der Waals surface area contributed by atoms with E-state index in [-0.39, 0.29) is 12.5 Å². The highest BCUT2D eigenvalue weighted by Gasteiger charge is 2.44. The van der Waals surface area contributed by atoms with Crippen molar-refractivity contribution in [2.24, 2.45) is 17.1 Å². The Morgan fingerprint density at radius 3 is 2.48 bits per heavy atom. The van der Waals surface area contributed by atoms with Crippen LogP contribution in [-0.4, -0.2) is 40.6 Å². The van der Waals surface area contributed by atoms with E-state index in [2.05, 4.69) is 0 Å². The molecule has 1 amide bonds. The summed E-state index contributed by atoms with van der Waals surface area (Å²) >= 11 is 5.30. The molecule has 21 heavy (non-hydrogen) atoms. The van der Waals surface area contributed by atoms with Gasteiger partial charge in [0, 0.05) is 19.7 Å². The molecule has 1 saturated carbocycles. The Bertz CT molecular complexity index is 376. The van der Waals surface area contributed by atoms with Gasteiger partial charge in [0.25, 0.3) is 0 Å². The summed E-state index contributed by atoms with van der Waals surface area (Å²) in [6, 6.07) is 0. The zero-order valence-corrected chi connectivity index (χ0v) is 13.7. The lowest BCUT2D eigenvalue weighted by Gasteiger charge is -2.40. The lowest BCUT2D eigenvalue weighted by atomic mass is 9.78. The van der Waals surface area contributed by atoms with Gasteiger partial charge < -0.3 is 15.7 Å². The molecule has 5 heteroatoms. The summed E-state index contributed by atoms with van der Waals surface area (Å²) in [7, 11) is 0. The summed E-state index contributed by atoms with van der Waals surface area (Å²) in [5, 5.41) is 9.12. The molecule has 1 atom stereocenters. The Morgan fingerprint density at radius 2 is 1.90 bits per heavy atom. The van der Waals surface area contributed by atoms with Crippen LogP contribution in [0, 0.1) is 11.3 Å². The summed E-state index contributed by atoms with van der Waals surface area (Å²) in [6.07, 6.45) is 8.94. The predicted octanol–water partition coefficient (Wildman–Crippen LogP) is 2.23. The normalized spacial score (nSPS) is 26.1. The molecular formula is C16H28N2O2S. The number of thiocarbonyl (C=S) groups is 1. The van der Waals surface area contributed by atoms with Crippen LogP contribution in [0.5, 0.6) is 0 Å². The van der Waals surface area contributed by atoms with Crippen LogP contribution < -0.4 is 5.73 Å².